The first kappa shape index (κ1) is 15.8. The Morgan fingerprint density at radius 2 is 1.83 bits per heavy atom. The van der Waals surface area contributed by atoms with E-state index in [0.29, 0.717) is 5.78 Å². The third-order valence-electron chi connectivity index (χ3n) is 3.15. The molecule has 0 saturated carbocycles. The molecule has 0 radical (unpaired) electrons. The fourth-order valence-corrected chi connectivity index (χ4v) is 2.96. The van der Waals surface area contributed by atoms with Crippen LogP contribution in [0.3, 0.4) is 0 Å². The average molecular weight is 346 g/mol. The molecule has 0 unspecified atom stereocenters. The van der Waals surface area contributed by atoms with E-state index in [1.807, 2.05) is 19.9 Å². The van der Waals surface area contributed by atoms with Crippen molar-refractivity contribution >= 4 is 28.9 Å². The Kier molecular flexibility index (Phi) is 3.85. The van der Waals surface area contributed by atoms with E-state index >= 15 is 0 Å². The third-order valence-corrected chi connectivity index (χ3v) is 4.07. The molecule has 2 heterocycles. The van der Waals surface area contributed by atoms with Crippen LogP contribution in [0, 0.1) is 34.1 Å². The predicted molar refractivity (Wildman–Crippen MR) is 84.1 cm³/mol. The van der Waals surface area contributed by atoms with Gasteiger partial charge in [-0.25, -0.2) is 9.50 Å². The molecule has 11 heteroatoms. The molecule has 2 aromatic heterocycles. The SMILES string of the molecule is Cc1cc(C)n2nc(Sc3ccc([N+](=O)[O-])cc3[N+](=O)[O-])nc2n1. The molecule has 0 spiro atoms. The number of nitro benzene ring substituents is 2. The van der Waals surface area contributed by atoms with Crippen LogP contribution in [0.1, 0.15) is 11.4 Å². The summed E-state index contributed by atoms with van der Waals surface area (Å²) < 4.78 is 1.53. The minimum atomic E-state index is -0.680. The zero-order valence-electron chi connectivity index (χ0n) is 12.5. The van der Waals surface area contributed by atoms with Gasteiger partial charge in [0.25, 0.3) is 17.2 Å². The Hall–Kier alpha value is -3.08. The van der Waals surface area contributed by atoms with Crippen molar-refractivity contribution in [2.24, 2.45) is 0 Å². The van der Waals surface area contributed by atoms with Crippen molar-refractivity contribution < 1.29 is 9.85 Å². The van der Waals surface area contributed by atoms with Gasteiger partial charge in [-0.1, -0.05) is 0 Å². The van der Waals surface area contributed by atoms with Gasteiger partial charge < -0.3 is 0 Å². The molecule has 0 atom stereocenters. The predicted octanol–water partition coefficient (Wildman–Crippen LogP) is 2.71. The van der Waals surface area contributed by atoms with Gasteiger partial charge in [-0.2, -0.15) is 4.98 Å². The molecule has 0 amide bonds. The van der Waals surface area contributed by atoms with Crippen LogP contribution < -0.4 is 0 Å². The van der Waals surface area contributed by atoms with Crippen LogP contribution in [0.5, 0.6) is 0 Å². The van der Waals surface area contributed by atoms with E-state index in [-0.39, 0.29) is 21.4 Å². The Balaban J connectivity index is 2.03. The Labute approximate surface area is 138 Å². The van der Waals surface area contributed by atoms with Crippen molar-refractivity contribution in [1.29, 1.82) is 0 Å². The van der Waals surface area contributed by atoms with Crippen LogP contribution >= 0.6 is 11.8 Å². The number of nitrogens with zero attached hydrogens (tertiary/aromatic N) is 6. The molecular formula is C13H10N6O4S. The standard InChI is InChI=1S/C13H10N6O4S/c1-7-5-8(2)17-12(14-7)15-13(16-17)24-11-4-3-9(18(20)21)6-10(11)19(22)23/h3-6H,1-2H3. The lowest BCUT2D eigenvalue weighted by molar-refractivity contribution is -0.396. The van der Waals surface area contributed by atoms with Gasteiger partial charge in [-0.3, -0.25) is 20.2 Å². The number of benzene rings is 1. The second-order valence-electron chi connectivity index (χ2n) is 4.91. The van der Waals surface area contributed by atoms with Crippen molar-refractivity contribution in [2.45, 2.75) is 23.9 Å². The zero-order chi connectivity index (χ0) is 17.4. The lowest BCUT2D eigenvalue weighted by Crippen LogP contribution is -1.97. The van der Waals surface area contributed by atoms with Crippen molar-refractivity contribution in [3.63, 3.8) is 0 Å². The molecule has 0 saturated heterocycles. The minimum Gasteiger partial charge on any atom is -0.258 e. The van der Waals surface area contributed by atoms with Crippen molar-refractivity contribution in [3.05, 3.63) is 55.9 Å². The normalized spacial score (nSPS) is 10.9. The third kappa shape index (κ3) is 2.88. The molecule has 0 aliphatic rings. The largest absolute Gasteiger partial charge is 0.290 e. The first-order valence-electron chi connectivity index (χ1n) is 6.67. The van der Waals surface area contributed by atoms with Gasteiger partial charge in [0.1, 0.15) is 0 Å². The maximum absolute atomic E-state index is 11.2. The van der Waals surface area contributed by atoms with Crippen LogP contribution in [0.25, 0.3) is 5.78 Å². The van der Waals surface area contributed by atoms with E-state index in [1.165, 1.54) is 16.6 Å². The number of hydrogen-bond acceptors (Lipinski definition) is 8. The van der Waals surface area contributed by atoms with Crippen LogP contribution in [0.15, 0.2) is 34.3 Å². The molecule has 0 fully saturated rings. The monoisotopic (exact) mass is 346 g/mol. The van der Waals surface area contributed by atoms with Crippen LogP contribution in [0.4, 0.5) is 11.4 Å². The van der Waals surface area contributed by atoms with Crippen molar-refractivity contribution in [2.75, 3.05) is 0 Å². The number of nitro groups is 2. The summed E-state index contributed by atoms with van der Waals surface area (Å²) in [5.74, 6) is 0.388. The van der Waals surface area contributed by atoms with Gasteiger partial charge >= 0.3 is 0 Å². The van der Waals surface area contributed by atoms with Gasteiger partial charge in [-0.05, 0) is 37.7 Å². The number of aryl methyl sites for hydroxylation is 2. The summed E-state index contributed by atoms with van der Waals surface area (Å²) in [6, 6.07) is 5.28. The van der Waals surface area contributed by atoms with Gasteiger partial charge in [0, 0.05) is 17.5 Å². The number of aromatic nitrogens is 4. The summed E-state index contributed by atoms with van der Waals surface area (Å²) in [5.41, 5.74) is 0.899. The van der Waals surface area contributed by atoms with Crippen molar-refractivity contribution in [3.8, 4) is 0 Å². The molecule has 0 aliphatic carbocycles. The number of rotatable bonds is 4. The topological polar surface area (TPSA) is 129 Å². The maximum Gasteiger partial charge on any atom is 0.290 e. The summed E-state index contributed by atoms with van der Waals surface area (Å²) >= 11 is 0.956. The summed E-state index contributed by atoms with van der Waals surface area (Å²) in [4.78, 5) is 29.3. The Bertz CT molecular complexity index is 986. The van der Waals surface area contributed by atoms with E-state index in [4.69, 9.17) is 0 Å². The second-order valence-corrected chi connectivity index (χ2v) is 5.92. The summed E-state index contributed by atoms with van der Waals surface area (Å²) in [6.45, 7) is 3.68. The second kappa shape index (κ2) is 5.85. The zero-order valence-corrected chi connectivity index (χ0v) is 13.4. The number of non-ortho nitro benzene ring substituents is 1. The number of hydrogen-bond donors (Lipinski definition) is 0. The minimum absolute atomic E-state index is 0.218. The highest BCUT2D eigenvalue weighted by molar-refractivity contribution is 7.99. The van der Waals surface area contributed by atoms with Crippen LogP contribution in [-0.4, -0.2) is 29.4 Å². The van der Waals surface area contributed by atoms with E-state index in [2.05, 4.69) is 15.1 Å². The van der Waals surface area contributed by atoms with Gasteiger partial charge in [0.15, 0.2) is 0 Å². The first-order chi connectivity index (χ1) is 11.3. The first-order valence-corrected chi connectivity index (χ1v) is 7.48. The molecule has 122 valence electrons. The van der Waals surface area contributed by atoms with Gasteiger partial charge in [0.2, 0.25) is 5.16 Å². The van der Waals surface area contributed by atoms with Gasteiger partial charge in [-0.15, -0.1) is 5.10 Å². The quantitative estimate of drug-likeness (QED) is 0.520. The summed E-state index contributed by atoms with van der Waals surface area (Å²) in [5, 5.41) is 26.5. The molecular weight excluding hydrogens is 336 g/mol. The highest BCUT2D eigenvalue weighted by Gasteiger charge is 2.21. The van der Waals surface area contributed by atoms with E-state index in [0.717, 1.165) is 29.2 Å². The Morgan fingerprint density at radius 1 is 1.08 bits per heavy atom. The highest BCUT2D eigenvalue weighted by Crippen LogP contribution is 2.35. The van der Waals surface area contributed by atoms with Crippen LogP contribution in [0.2, 0.25) is 0 Å². The van der Waals surface area contributed by atoms with Crippen LogP contribution in [-0.2, 0) is 0 Å². The summed E-state index contributed by atoms with van der Waals surface area (Å²) in [7, 11) is 0. The van der Waals surface area contributed by atoms with E-state index < -0.39 is 9.85 Å². The van der Waals surface area contributed by atoms with Gasteiger partial charge in [0.05, 0.1) is 20.8 Å². The fourth-order valence-electron chi connectivity index (χ4n) is 2.14. The molecule has 0 bridgehead atoms. The lowest BCUT2D eigenvalue weighted by Gasteiger charge is -1.99. The Morgan fingerprint density at radius 3 is 2.50 bits per heavy atom. The smallest absolute Gasteiger partial charge is 0.258 e. The highest BCUT2D eigenvalue weighted by atomic mass is 32.2. The molecule has 24 heavy (non-hydrogen) atoms. The van der Waals surface area contributed by atoms with E-state index in [1.54, 1.807) is 0 Å². The maximum atomic E-state index is 11.2. The molecule has 10 nitrogen and oxygen atoms in total. The summed E-state index contributed by atoms with van der Waals surface area (Å²) in [6.07, 6.45) is 0. The molecule has 3 rings (SSSR count). The molecule has 0 aliphatic heterocycles. The lowest BCUT2D eigenvalue weighted by atomic mass is 10.3. The molecule has 3 aromatic rings. The molecule has 1 aromatic carbocycles. The van der Waals surface area contributed by atoms with E-state index in [9.17, 15) is 20.2 Å². The van der Waals surface area contributed by atoms with Crippen molar-refractivity contribution in [1.82, 2.24) is 19.6 Å². The number of fused-ring (bicyclic) bond motifs is 1. The molecule has 0 N–H and O–H groups in total. The average Bonchev–Trinajstić information content (AvgIpc) is 2.89. The fraction of sp³-hybridized carbons (Fsp3) is 0.154.